The smallest absolute Gasteiger partial charge is 0.251 e. The van der Waals surface area contributed by atoms with E-state index in [1.807, 2.05) is 12.1 Å². The monoisotopic (exact) mass is 236 g/mol. The van der Waals surface area contributed by atoms with Gasteiger partial charge in [0.1, 0.15) is 0 Å². The van der Waals surface area contributed by atoms with Crippen molar-refractivity contribution in [3.05, 3.63) is 36.0 Å². The van der Waals surface area contributed by atoms with Gasteiger partial charge in [-0.15, -0.1) is 11.3 Å². The number of pyridine rings is 1. The van der Waals surface area contributed by atoms with Gasteiger partial charge in [0.05, 0.1) is 11.8 Å². The van der Waals surface area contributed by atoms with Crippen molar-refractivity contribution in [2.24, 2.45) is 5.21 Å². The van der Waals surface area contributed by atoms with Gasteiger partial charge in [0, 0.05) is 22.8 Å². The molecule has 0 atom stereocenters. The zero-order valence-corrected chi connectivity index (χ0v) is 9.42. The molecule has 0 aliphatic heterocycles. The van der Waals surface area contributed by atoms with Gasteiger partial charge < -0.3 is 4.74 Å². The summed E-state index contributed by atoms with van der Waals surface area (Å²) in [6.07, 6.45) is 3.47. The van der Waals surface area contributed by atoms with Gasteiger partial charge in [-0.25, -0.2) is 0 Å². The van der Waals surface area contributed by atoms with Gasteiger partial charge >= 0.3 is 0 Å². The van der Waals surface area contributed by atoms with E-state index in [-0.39, 0.29) is 5.90 Å². The molecule has 2 aromatic rings. The number of aromatic nitrogens is 1. The molecule has 0 fully saturated rings. The van der Waals surface area contributed by atoms with Crippen molar-refractivity contribution in [3.63, 3.8) is 0 Å². The van der Waals surface area contributed by atoms with Crippen LogP contribution in [0.5, 0.6) is 0 Å². The van der Waals surface area contributed by atoms with Gasteiger partial charge in [-0.2, -0.15) is 0 Å². The van der Waals surface area contributed by atoms with Gasteiger partial charge in [0.2, 0.25) is 0 Å². The van der Waals surface area contributed by atoms with Crippen molar-refractivity contribution in [2.75, 3.05) is 7.11 Å². The zero-order chi connectivity index (χ0) is 11.5. The van der Waals surface area contributed by atoms with E-state index in [4.69, 9.17) is 4.74 Å². The Morgan fingerprint density at radius 1 is 1.62 bits per heavy atom. The van der Waals surface area contributed by atoms with E-state index in [9.17, 15) is 4.48 Å². The average molecular weight is 236 g/mol. The summed E-state index contributed by atoms with van der Waals surface area (Å²) in [7, 11) is 1.36. The maximum Gasteiger partial charge on any atom is 0.251 e. The van der Waals surface area contributed by atoms with Crippen molar-refractivity contribution in [1.29, 1.82) is 0 Å². The molecule has 5 heteroatoms. The van der Waals surface area contributed by atoms with Gasteiger partial charge in [-0.1, -0.05) is 11.1 Å². The second-order valence-corrected chi connectivity index (χ2v) is 4.18. The maximum absolute atomic E-state index is 12.2. The minimum absolute atomic E-state index is 0.0977. The first-order valence-corrected chi connectivity index (χ1v) is 5.34. The Morgan fingerprint density at radius 2 is 2.44 bits per heavy atom. The largest absolute Gasteiger partial charge is 0.479 e. The molecule has 0 spiro atoms. The fraction of sp³-hybridized carbons (Fsp3) is 0.0909. The molecule has 0 amide bonds. The molecule has 0 unspecified atom stereocenters. The molecule has 0 radical (unpaired) electrons. The number of hydrogen-bond acceptors (Lipinski definition) is 4. The molecular formula is C11H9FN2OS. The summed E-state index contributed by atoms with van der Waals surface area (Å²) in [5, 5.41) is 3.59. The molecule has 0 saturated heterocycles. The fourth-order valence-electron chi connectivity index (χ4n) is 1.35. The van der Waals surface area contributed by atoms with Crippen LogP contribution in [0.2, 0.25) is 0 Å². The van der Waals surface area contributed by atoms with E-state index in [1.165, 1.54) is 18.4 Å². The summed E-state index contributed by atoms with van der Waals surface area (Å²) in [5.41, 5.74) is 0.436. The van der Waals surface area contributed by atoms with Crippen LogP contribution in [0, 0.1) is 0 Å². The minimum atomic E-state index is -0.0977. The van der Waals surface area contributed by atoms with Crippen molar-refractivity contribution in [2.45, 2.75) is 0 Å². The van der Waals surface area contributed by atoms with Crippen LogP contribution in [0.3, 0.4) is 0 Å². The quantitative estimate of drug-likeness (QED) is 0.592. The Hall–Kier alpha value is -1.75. The number of ether oxygens (including phenoxy) is 1. The lowest BCUT2D eigenvalue weighted by molar-refractivity contribution is 0.384. The molecule has 3 nitrogen and oxygen atoms in total. The normalized spacial score (nSPS) is 11.8. The maximum atomic E-state index is 12.2. The molecule has 16 heavy (non-hydrogen) atoms. The third kappa shape index (κ3) is 1.81. The number of rotatable bonds is 2. The van der Waals surface area contributed by atoms with Crippen LogP contribution in [-0.2, 0) is 4.74 Å². The van der Waals surface area contributed by atoms with Crippen molar-refractivity contribution in [1.82, 2.24) is 4.98 Å². The van der Waals surface area contributed by atoms with E-state index in [2.05, 4.69) is 16.8 Å². The molecule has 0 aliphatic rings. The molecule has 82 valence electrons. The summed E-state index contributed by atoms with van der Waals surface area (Å²) in [6.45, 7) is 3.76. The predicted octanol–water partition coefficient (Wildman–Crippen LogP) is 3.24. The Labute approximate surface area is 95.9 Å². The average Bonchev–Trinajstić information content (AvgIpc) is 2.74. The lowest BCUT2D eigenvalue weighted by Gasteiger charge is -2.02. The second kappa shape index (κ2) is 4.40. The van der Waals surface area contributed by atoms with Gasteiger partial charge in [-0.05, 0) is 22.7 Å². The van der Waals surface area contributed by atoms with E-state index in [0.29, 0.717) is 5.57 Å². The third-order valence-corrected chi connectivity index (χ3v) is 3.29. The van der Waals surface area contributed by atoms with E-state index >= 15 is 0 Å². The van der Waals surface area contributed by atoms with Crippen molar-refractivity contribution in [3.8, 4) is 0 Å². The fourth-order valence-corrected chi connectivity index (χ4v) is 2.34. The van der Waals surface area contributed by atoms with E-state index in [0.717, 1.165) is 15.0 Å². The van der Waals surface area contributed by atoms with Crippen LogP contribution in [0.4, 0.5) is 4.48 Å². The predicted molar refractivity (Wildman–Crippen MR) is 64.2 cm³/mol. The summed E-state index contributed by atoms with van der Waals surface area (Å²) >= 11 is 1.47. The standard InChI is InChI=1S/C11H9FN2OS/c1-7(11(14-12)15-2)9-5-8-3-4-13-6-10(8)16-9/h3-6H,1H2,2H3/b14-11+. The SMILES string of the molecule is C=C(/C(=N\F)OC)c1cc2ccncc2s1. The van der Waals surface area contributed by atoms with Gasteiger partial charge in [0.25, 0.3) is 5.90 Å². The molecule has 2 aromatic heterocycles. The second-order valence-electron chi connectivity index (χ2n) is 3.10. The number of halogens is 1. The topological polar surface area (TPSA) is 34.5 Å². The number of hydrogen-bond donors (Lipinski definition) is 0. The minimum Gasteiger partial charge on any atom is -0.479 e. The molecular weight excluding hydrogens is 227 g/mol. The number of nitrogens with zero attached hydrogens (tertiary/aromatic N) is 2. The summed E-state index contributed by atoms with van der Waals surface area (Å²) in [5.74, 6) is -0.0977. The lowest BCUT2D eigenvalue weighted by atomic mass is 10.2. The Kier molecular flexibility index (Phi) is 2.96. The van der Waals surface area contributed by atoms with Crippen LogP contribution >= 0.6 is 11.3 Å². The molecule has 2 rings (SSSR count). The Morgan fingerprint density at radius 3 is 3.06 bits per heavy atom. The highest BCUT2D eigenvalue weighted by Crippen LogP contribution is 2.29. The molecule has 0 aromatic carbocycles. The molecule has 0 N–H and O–H groups in total. The van der Waals surface area contributed by atoms with Gasteiger partial charge in [0.15, 0.2) is 0 Å². The number of thiophene rings is 1. The van der Waals surface area contributed by atoms with Crippen molar-refractivity contribution >= 4 is 32.9 Å². The van der Waals surface area contributed by atoms with Crippen molar-refractivity contribution < 1.29 is 9.22 Å². The summed E-state index contributed by atoms with van der Waals surface area (Å²) in [4.78, 5) is 4.84. The summed E-state index contributed by atoms with van der Waals surface area (Å²) < 4.78 is 18.0. The highest BCUT2D eigenvalue weighted by atomic mass is 32.1. The van der Waals surface area contributed by atoms with Crippen LogP contribution in [0.15, 0.2) is 36.3 Å². The molecule has 0 bridgehead atoms. The first-order chi connectivity index (χ1) is 7.76. The highest BCUT2D eigenvalue weighted by Gasteiger charge is 2.11. The first-order valence-electron chi connectivity index (χ1n) is 4.52. The van der Waals surface area contributed by atoms with Crippen LogP contribution in [-0.4, -0.2) is 18.0 Å². The lowest BCUT2D eigenvalue weighted by Crippen LogP contribution is -2.01. The van der Waals surface area contributed by atoms with Crippen LogP contribution in [0.25, 0.3) is 15.7 Å². The highest BCUT2D eigenvalue weighted by molar-refractivity contribution is 7.20. The Balaban J connectivity index is 2.44. The number of methoxy groups -OCH3 is 1. The number of fused-ring (bicyclic) bond motifs is 1. The molecule has 0 saturated carbocycles. The summed E-state index contributed by atoms with van der Waals surface area (Å²) in [6, 6.07) is 3.80. The molecule has 0 aliphatic carbocycles. The zero-order valence-electron chi connectivity index (χ0n) is 8.61. The Bertz CT molecular complexity index is 529. The van der Waals surface area contributed by atoms with Gasteiger partial charge in [-0.3, -0.25) is 4.98 Å². The van der Waals surface area contributed by atoms with Crippen LogP contribution in [0.1, 0.15) is 4.88 Å². The van der Waals surface area contributed by atoms with E-state index < -0.39 is 0 Å². The third-order valence-electron chi connectivity index (χ3n) is 2.15. The molecule has 2 heterocycles. The first kappa shape index (κ1) is 10.8. The van der Waals surface area contributed by atoms with Crippen LogP contribution < -0.4 is 0 Å². The van der Waals surface area contributed by atoms with E-state index in [1.54, 1.807) is 12.4 Å².